The molecule has 0 radical (unpaired) electrons. The normalized spacial score (nSPS) is 15.9. The average Bonchev–Trinajstić information content (AvgIpc) is 2.65. The first-order chi connectivity index (χ1) is 12.5. The Morgan fingerprint density at radius 1 is 1.19 bits per heavy atom. The number of hydrogen-bond acceptors (Lipinski definition) is 3. The molecule has 1 atom stereocenters. The van der Waals surface area contributed by atoms with Crippen molar-refractivity contribution in [2.45, 2.75) is 30.2 Å². The standard InChI is InChI=1S/C20H21F2NO2S/c1-23(18-10-11-25-19-9-6-15(22)13-17(18)19)20(24)3-2-12-26-16-7-4-14(21)5-8-16/h4-9,13,18H,2-3,10-12H2,1H3. The summed E-state index contributed by atoms with van der Waals surface area (Å²) in [7, 11) is 1.76. The van der Waals surface area contributed by atoms with Crippen molar-refractivity contribution < 1.29 is 18.3 Å². The van der Waals surface area contributed by atoms with Crippen molar-refractivity contribution in [1.29, 1.82) is 0 Å². The molecule has 3 nitrogen and oxygen atoms in total. The number of nitrogens with zero attached hydrogens (tertiary/aromatic N) is 1. The van der Waals surface area contributed by atoms with Crippen LogP contribution >= 0.6 is 11.8 Å². The molecule has 6 heteroatoms. The van der Waals surface area contributed by atoms with Crippen molar-refractivity contribution in [3.8, 4) is 5.75 Å². The van der Waals surface area contributed by atoms with E-state index in [4.69, 9.17) is 4.74 Å². The Bertz CT molecular complexity index is 767. The Hall–Kier alpha value is -2.08. The Labute approximate surface area is 156 Å². The van der Waals surface area contributed by atoms with Gasteiger partial charge in [0.1, 0.15) is 17.4 Å². The summed E-state index contributed by atoms with van der Waals surface area (Å²) in [5, 5.41) is 0. The minimum atomic E-state index is -0.323. The molecule has 1 aliphatic rings. The second kappa shape index (κ2) is 8.54. The number of amides is 1. The number of benzene rings is 2. The van der Waals surface area contributed by atoms with Gasteiger partial charge in [-0.15, -0.1) is 11.8 Å². The quantitative estimate of drug-likeness (QED) is 0.534. The molecule has 0 aliphatic carbocycles. The van der Waals surface area contributed by atoms with Crippen LogP contribution in [0.4, 0.5) is 8.78 Å². The van der Waals surface area contributed by atoms with E-state index in [0.29, 0.717) is 25.2 Å². The maximum Gasteiger partial charge on any atom is 0.222 e. The molecule has 0 fully saturated rings. The van der Waals surface area contributed by atoms with Crippen molar-refractivity contribution in [3.63, 3.8) is 0 Å². The molecule has 26 heavy (non-hydrogen) atoms. The molecule has 1 aliphatic heterocycles. The first-order valence-corrected chi connectivity index (χ1v) is 9.59. The number of carbonyl (C=O) groups excluding carboxylic acids is 1. The smallest absolute Gasteiger partial charge is 0.222 e. The molecular formula is C20H21F2NO2S. The minimum Gasteiger partial charge on any atom is -0.493 e. The second-order valence-electron chi connectivity index (χ2n) is 6.25. The van der Waals surface area contributed by atoms with Crippen LogP contribution in [0.15, 0.2) is 47.4 Å². The highest BCUT2D eigenvalue weighted by Crippen LogP contribution is 2.36. The SMILES string of the molecule is CN(C(=O)CCCSc1ccc(F)cc1)C1CCOc2ccc(F)cc21. The first kappa shape index (κ1) is 18.7. The van der Waals surface area contributed by atoms with Crippen LogP contribution in [-0.4, -0.2) is 30.2 Å². The lowest BCUT2D eigenvalue weighted by Crippen LogP contribution is -2.34. The van der Waals surface area contributed by atoms with Gasteiger partial charge in [0.25, 0.3) is 0 Å². The number of rotatable bonds is 6. The Morgan fingerprint density at radius 3 is 2.69 bits per heavy atom. The van der Waals surface area contributed by atoms with E-state index >= 15 is 0 Å². The van der Waals surface area contributed by atoms with Gasteiger partial charge in [0.2, 0.25) is 5.91 Å². The Balaban J connectivity index is 1.52. The summed E-state index contributed by atoms with van der Waals surface area (Å²) in [6.45, 7) is 0.515. The van der Waals surface area contributed by atoms with Crippen LogP contribution in [0, 0.1) is 11.6 Å². The fourth-order valence-electron chi connectivity index (χ4n) is 3.04. The molecule has 0 spiro atoms. The van der Waals surface area contributed by atoms with Gasteiger partial charge < -0.3 is 9.64 Å². The van der Waals surface area contributed by atoms with Gasteiger partial charge in [-0.25, -0.2) is 8.78 Å². The third-order valence-corrected chi connectivity index (χ3v) is 5.56. The predicted molar refractivity (Wildman–Crippen MR) is 98.4 cm³/mol. The van der Waals surface area contributed by atoms with E-state index in [2.05, 4.69) is 0 Å². The number of hydrogen-bond donors (Lipinski definition) is 0. The Kier molecular flexibility index (Phi) is 6.14. The third-order valence-electron chi connectivity index (χ3n) is 4.46. The molecule has 1 unspecified atom stereocenters. The molecule has 0 N–H and O–H groups in total. The average molecular weight is 377 g/mol. The van der Waals surface area contributed by atoms with Gasteiger partial charge in [-0.1, -0.05) is 0 Å². The van der Waals surface area contributed by atoms with Crippen LogP contribution in [0.25, 0.3) is 0 Å². The van der Waals surface area contributed by atoms with Crippen LogP contribution in [0.5, 0.6) is 5.75 Å². The zero-order chi connectivity index (χ0) is 18.5. The largest absolute Gasteiger partial charge is 0.493 e. The highest BCUT2D eigenvalue weighted by molar-refractivity contribution is 7.99. The number of carbonyl (C=O) groups is 1. The van der Waals surface area contributed by atoms with E-state index in [1.165, 1.54) is 24.3 Å². The van der Waals surface area contributed by atoms with Gasteiger partial charge in [0.05, 0.1) is 12.6 Å². The van der Waals surface area contributed by atoms with Crippen LogP contribution in [0.2, 0.25) is 0 Å². The van der Waals surface area contributed by atoms with Crippen molar-refractivity contribution >= 4 is 17.7 Å². The molecule has 2 aromatic carbocycles. The van der Waals surface area contributed by atoms with Gasteiger partial charge in [0, 0.05) is 30.3 Å². The van der Waals surface area contributed by atoms with Crippen molar-refractivity contribution in [2.24, 2.45) is 0 Å². The number of thioether (sulfide) groups is 1. The van der Waals surface area contributed by atoms with Gasteiger partial charge >= 0.3 is 0 Å². The molecule has 2 aromatic rings. The molecular weight excluding hydrogens is 356 g/mol. The van der Waals surface area contributed by atoms with E-state index in [1.807, 2.05) is 0 Å². The van der Waals surface area contributed by atoms with Crippen molar-refractivity contribution in [2.75, 3.05) is 19.4 Å². The monoisotopic (exact) mass is 377 g/mol. The maximum atomic E-state index is 13.6. The maximum absolute atomic E-state index is 13.6. The topological polar surface area (TPSA) is 29.5 Å². The highest BCUT2D eigenvalue weighted by atomic mass is 32.2. The summed E-state index contributed by atoms with van der Waals surface area (Å²) < 4.78 is 32.0. The molecule has 0 saturated heterocycles. The number of halogens is 2. The number of fused-ring (bicyclic) bond motifs is 1. The molecule has 0 saturated carbocycles. The van der Waals surface area contributed by atoms with E-state index in [1.54, 1.807) is 41.9 Å². The summed E-state index contributed by atoms with van der Waals surface area (Å²) in [5.41, 5.74) is 0.729. The fourth-order valence-corrected chi connectivity index (χ4v) is 3.90. The summed E-state index contributed by atoms with van der Waals surface area (Å²) in [6, 6.07) is 10.6. The van der Waals surface area contributed by atoms with E-state index in [9.17, 15) is 13.6 Å². The van der Waals surface area contributed by atoms with E-state index < -0.39 is 0 Å². The van der Waals surface area contributed by atoms with Gasteiger partial charge in [-0.2, -0.15) is 0 Å². The van der Waals surface area contributed by atoms with Crippen molar-refractivity contribution in [1.82, 2.24) is 4.90 Å². The van der Waals surface area contributed by atoms with Crippen LogP contribution in [0.1, 0.15) is 30.9 Å². The highest BCUT2D eigenvalue weighted by Gasteiger charge is 2.28. The number of ether oxygens (including phenoxy) is 1. The lowest BCUT2D eigenvalue weighted by atomic mass is 9.98. The molecule has 0 aromatic heterocycles. The molecule has 0 bridgehead atoms. The summed E-state index contributed by atoms with van der Waals surface area (Å²) >= 11 is 1.60. The van der Waals surface area contributed by atoms with Crippen LogP contribution < -0.4 is 4.74 Å². The van der Waals surface area contributed by atoms with E-state index in [-0.39, 0.29) is 23.6 Å². The minimum absolute atomic E-state index is 0.0341. The van der Waals surface area contributed by atoms with Gasteiger partial charge in [0.15, 0.2) is 0 Å². The fraction of sp³-hybridized carbons (Fsp3) is 0.350. The van der Waals surface area contributed by atoms with Gasteiger partial charge in [-0.05, 0) is 54.6 Å². The second-order valence-corrected chi connectivity index (χ2v) is 7.41. The summed E-state index contributed by atoms with van der Waals surface area (Å²) in [4.78, 5) is 15.2. The lowest BCUT2D eigenvalue weighted by molar-refractivity contribution is -0.132. The van der Waals surface area contributed by atoms with Crippen LogP contribution in [-0.2, 0) is 4.79 Å². The summed E-state index contributed by atoms with van der Waals surface area (Å²) in [6.07, 6.45) is 1.81. The molecule has 3 rings (SSSR count). The summed E-state index contributed by atoms with van der Waals surface area (Å²) in [5.74, 6) is 0.889. The predicted octanol–water partition coefficient (Wildman–Crippen LogP) is 4.82. The van der Waals surface area contributed by atoms with Crippen molar-refractivity contribution in [3.05, 3.63) is 59.7 Å². The first-order valence-electron chi connectivity index (χ1n) is 8.61. The Morgan fingerprint density at radius 2 is 1.92 bits per heavy atom. The zero-order valence-electron chi connectivity index (χ0n) is 14.6. The van der Waals surface area contributed by atoms with E-state index in [0.717, 1.165) is 22.6 Å². The zero-order valence-corrected chi connectivity index (χ0v) is 15.4. The molecule has 138 valence electrons. The lowest BCUT2D eigenvalue weighted by Gasteiger charge is -2.33. The third kappa shape index (κ3) is 4.55. The molecule has 1 heterocycles. The van der Waals surface area contributed by atoms with Crippen LogP contribution in [0.3, 0.4) is 0 Å². The van der Waals surface area contributed by atoms with Gasteiger partial charge in [-0.3, -0.25) is 4.79 Å². The molecule has 1 amide bonds.